The summed E-state index contributed by atoms with van der Waals surface area (Å²) < 4.78 is 0. The van der Waals surface area contributed by atoms with E-state index >= 15 is 0 Å². The van der Waals surface area contributed by atoms with Gasteiger partial charge in [0.05, 0.1) is 24.8 Å². The van der Waals surface area contributed by atoms with Gasteiger partial charge in [-0.05, 0) is 0 Å². The Kier molecular flexibility index (Phi) is 4.22. The molecule has 0 spiro atoms. The molecule has 0 aliphatic carbocycles. The highest BCUT2D eigenvalue weighted by Crippen LogP contribution is 2.17. The lowest BCUT2D eigenvalue weighted by molar-refractivity contribution is -0.138. The third kappa shape index (κ3) is 3.16. The molecule has 1 aliphatic heterocycles. The van der Waals surface area contributed by atoms with E-state index < -0.39 is 24.2 Å². The van der Waals surface area contributed by atoms with Crippen LogP contribution in [0.2, 0.25) is 0 Å². The standard InChI is InChI=1S/C9H16N2O5/c1-5(12)10-2-6-9(16)7(13)3-11(6)4-8(14)15/h6-7,9,13,16H,2-4H2,1H3,(H,10,12)(H,14,15)/t6-,7+,9-/m1/s1. The maximum Gasteiger partial charge on any atom is 0.317 e. The van der Waals surface area contributed by atoms with Crippen LogP contribution >= 0.6 is 0 Å². The molecule has 4 N–H and O–H groups in total. The molecule has 0 aromatic carbocycles. The maximum absolute atomic E-state index is 10.7. The number of aliphatic hydroxyl groups excluding tert-OH is 2. The molecular weight excluding hydrogens is 216 g/mol. The summed E-state index contributed by atoms with van der Waals surface area (Å²) in [7, 11) is 0. The van der Waals surface area contributed by atoms with Crippen molar-refractivity contribution in [1.29, 1.82) is 0 Å². The minimum Gasteiger partial charge on any atom is -0.480 e. The Bertz CT molecular complexity index is 283. The number of nitrogens with one attached hydrogen (secondary N) is 1. The SMILES string of the molecule is CC(=O)NC[C@@H]1[C@@H](O)[C@@H](O)CN1CC(=O)O. The molecule has 0 aromatic heterocycles. The van der Waals surface area contributed by atoms with Gasteiger partial charge < -0.3 is 20.6 Å². The molecule has 0 aromatic rings. The molecule has 0 bridgehead atoms. The van der Waals surface area contributed by atoms with E-state index in [2.05, 4.69) is 5.32 Å². The van der Waals surface area contributed by atoms with Gasteiger partial charge in [0.15, 0.2) is 0 Å². The smallest absolute Gasteiger partial charge is 0.317 e. The number of nitrogens with zero attached hydrogens (tertiary/aromatic N) is 1. The first kappa shape index (κ1) is 12.9. The number of rotatable bonds is 4. The fraction of sp³-hybridized carbons (Fsp3) is 0.778. The van der Waals surface area contributed by atoms with Gasteiger partial charge in [0.25, 0.3) is 0 Å². The first-order chi connectivity index (χ1) is 7.41. The average molecular weight is 232 g/mol. The molecule has 1 heterocycles. The van der Waals surface area contributed by atoms with Gasteiger partial charge in [-0.2, -0.15) is 0 Å². The van der Waals surface area contributed by atoms with Crippen molar-refractivity contribution in [3.8, 4) is 0 Å². The van der Waals surface area contributed by atoms with Crippen LogP contribution in [0.1, 0.15) is 6.92 Å². The van der Waals surface area contributed by atoms with Crippen molar-refractivity contribution in [2.24, 2.45) is 0 Å². The highest BCUT2D eigenvalue weighted by Gasteiger charge is 2.40. The molecule has 0 radical (unpaired) electrons. The third-order valence-corrected chi connectivity index (χ3v) is 2.58. The first-order valence-electron chi connectivity index (χ1n) is 4.98. The molecule has 0 saturated carbocycles. The zero-order chi connectivity index (χ0) is 12.3. The molecule has 92 valence electrons. The third-order valence-electron chi connectivity index (χ3n) is 2.58. The van der Waals surface area contributed by atoms with Crippen molar-refractivity contribution in [3.63, 3.8) is 0 Å². The average Bonchev–Trinajstić information content (AvgIpc) is 2.39. The summed E-state index contributed by atoms with van der Waals surface area (Å²) >= 11 is 0. The molecule has 1 saturated heterocycles. The van der Waals surface area contributed by atoms with E-state index in [-0.39, 0.29) is 25.5 Å². The van der Waals surface area contributed by atoms with Crippen molar-refractivity contribution >= 4 is 11.9 Å². The Hall–Kier alpha value is -1.18. The Labute approximate surface area is 92.7 Å². The van der Waals surface area contributed by atoms with E-state index in [4.69, 9.17) is 5.11 Å². The number of likely N-dealkylation sites (tertiary alicyclic amines) is 1. The molecular formula is C9H16N2O5. The molecule has 1 rings (SSSR count). The fourth-order valence-electron chi connectivity index (χ4n) is 1.81. The van der Waals surface area contributed by atoms with Crippen LogP contribution in [-0.4, -0.2) is 70.0 Å². The van der Waals surface area contributed by atoms with Crippen molar-refractivity contribution in [2.45, 2.75) is 25.2 Å². The van der Waals surface area contributed by atoms with Crippen LogP contribution in [0, 0.1) is 0 Å². The van der Waals surface area contributed by atoms with Crippen LogP contribution in [0.5, 0.6) is 0 Å². The van der Waals surface area contributed by atoms with Gasteiger partial charge in [-0.1, -0.05) is 0 Å². The molecule has 1 aliphatic rings. The Morgan fingerprint density at radius 3 is 2.56 bits per heavy atom. The van der Waals surface area contributed by atoms with Gasteiger partial charge >= 0.3 is 5.97 Å². The molecule has 7 heteroatoms. The van der Waals surface area contributed by atoms with E-state index in [0.717, 1.165) is 0 Å². The van der Waals surface area contributed by atoms with E-state index in [0.29, 0.717) is 0 Å². The zero-order valence-corrected chi connectivity index (χ0v) is 8.96. The summed E-state index contributed by atoms with van der Waals surface area (Å²) in [6, 6.07) is -0.560. The molecule has 1 amide bonds. The highest BCUT2D eigenvalue weighted by atomic mass is 16.4. The van der Waals surface area contributed by atoms with Crippen LogP contribution in [0.25, 0.3) is 0 Å². The molecule has 1 fully saturated rings. The van der Waals surface area contributed by atoms with Crippen molar-refractivity contribution in [1.82, 2.24) is 10.2 Å². The quantitative estimate of drug-likeness (QED) is 0.430. The van der Waals surface area contributed by atoms with Crippen LogP contribution < -0.4 is 5.32 Å². The minimum absolute atomic E-state index is 0.0950. The molecule has 3 atom stereocenters. The van der Waals surface area contributed by atoms with Gasteiger partial charge in [0.1, 0.15) is 0 Å². The largest absolute Gasteiger partial charge is 0.480 e. The van der Waals surface area contributed by atoms with Crippen molar-refractivity contribution in [3.05, 3.63) is 0 Å². The fourth-order valence-corrected chi connectivity index (χ4v) is 1.81. The van der Waals surface area contributed by atoms with Crippen molar-refractivity contribution in [2.75, 3.05) is 19.6 Å². The summed E-state index contributed by atoms with van der Waals surface area (Å²) in [4.78, 5) is 22.7. The highest BCUT2D eigenvalue weighted by molar-refractivity contribution is 5.73. The number of hydrogen-bond donors (Lipinski definition) is 4. The van der Waals surface area contributed by atoms with Gasteiger partial charge in [0.2, 0.25) is 5.91 Å². The first-order valence-corrected chi connectivity index (χ1v) is 4.98. The van der Waals surface area contributed by atoms with Crippen LogP contribution in [0.4, 0.5) is 0 Å². The number of aliphatic hydroxyl groups is 2. The van der Waals surface area contributed by atoms with Crippen molar-refractivity contribution < 1.29 is 24.9 Å². The lowest BCUT2D eigenvalue weighted by atomic mass is 10.1. The normalized spacial score (nSPS) is 30.3. The number of β-amino-alcohol motifs (C(OH)–C–C–N with tert-alkyl or cyclic N) is 1. The summed E-state index contributed by atoms with van der Waals surface area (Å²) in [5.41, 5.74) is 0. The predicted molar refractivity (Wildman–Crippen MR) is 53.7 cm³/mol. The zero-order valence-electron chi connectivity index (χ0n) is 8.96. The maximum atomic E-state index is 10.7. The van der Waals surface area contributed by atoms with E-state index in [1.165, 1.54) is 11.8 Å². The Balaban J connectivity index is 2.59. The Morgan fingerprint density at radius 1 is 1.44 bits per heavy atom. The second-order valence-corrected chi connectivity index (χ2v) is 3.89. The number of carboxylic acid groups (broad SMARTS) is 1. The minimum atomic E-state index is -1.04. The number of amides is 1. The topological polar surface area (TPSA) is 110 Å². The van der Waals surface area contributed by atoms with Gasteiger partial charge in [-0.15, -0.1) is 0 Å². The number of aliphatic carboxylic acids is 1. The van der Waals surface area contributed by atoms with Crippen LogP contribution in [-0.2, 0) is 9.59 Å². The lowest BCUT2D eigenvalue weighted by Gasteiger charge is -2.24. The van der Waals surface area contributed by atoms with E-state index in [9.17, 15) is 19.8 Å². The number of carbonyl (C=O) groups excluding carboxylic acids is 1. The van der Waals surface area contributed by atoms with Gasteiger partial charge in [-0.25, -0.2) is 0 Å². The second kappa shape index (κ2) is 5.24. The number of carboxylic acids is 1. The van der Waals surface area contributed by atoms with Gasteiger partial charge in [0, 0.05) is 20.0 Å². The van der Waals surface area contributed by atoms with Crippen LogP contribution in [0.3, 0.4) is 0 Å². The molecule has 0 unspecified atom stereocenters. The second-order valence-electron chi connectivity index (χ2n) is 3.89. The van der Waals surface area contributed by atoms with Crippen LogP contribution in [0.15, 0.2) is 0 Å². The lowest BCUT2D eigenvalue weighted by Crippen LogP contribution is -2.46. The summed E-state index contributed by atoms with van der Waals surface area (Å²) in [6.45, 7) is 1.29. The summed E-state index contributed by atoms with van der Waals surface area (Å²) in [5.74, 6) is -1.29. The van der Waals surface area contributed by atoms with E-state index in [1.807, 2.05) is 0 Å². The molecule has 7 nitrogen and oxygen atoms in total. The number of hydrogen-bond acceptors (Lipinski definition) is 5. The van der Waals surface area contributed by atoms with Gasteiger partial charge in [-0.3, -0.25) is 14.5 Å². The summed E-state index contributed by atoms with van der Waals surface area (Å²) in [6.07, 6.45) is -2.01. The number of carbonyl (C=O) groups is 2. The molecule has 16 heavy (non-hydrogen) atoms. The van der Waals surface area contributed by atoms with E-state index in [1.54, 1.807) is 0 Å². The predicted octanol–water partition coefficient (Wildman–Crippen LogP) is -2.39. The monoisotopic (exact) mass is 232 g/mol. The Morgan fingerprint density at radius 2 is 2.06 bits per heavy atom. The summed E-state index contributed by atoms with van der Waals surface area (Å²) in [5, 5.41) is 30.2.